The molecule has 0 fully saturated rings. The van der Waals surface area contributed by atoms with Crippen LogP contribution in [0.1, 0.15) is 10.4 Å². The highest BCUT2D eigenvalue weighted by Gasteiger charge is 2.08. The highest BCUT2D eigenvalue weighted by Crippen LogP contribution is 2.23. The van der Waals surface area contributed by atoms with Crippen LogP contribution in [0.4, 0.5) is 4.39 Å². The Labute approximate surface area is 93.5 Å². The van der Waals surface area contributed by atoms with Crippen molar-refractivity contribution in [3.63, 3.8) is 0 Å². The average Bonchev–Trinajstić information content (AvgIpc) is 2.18. The van der Waals surface area contributed by atoms with Gasteiger partial charge in [-0.1, -0.05) is 22.0 Å². The van der Waals surface area contributed by atoms with Crippen molar-refractivity contribution in [2.75, 3.05) is 0 Å². The van der Waals surface area contributed by atoms with Crippen LogP contribution in [0.2, 0.25) is 0 Å². The summed E-state index contributed by atoms with van der Waals surface area (Å²) in [6, 6.07) is 7.52. The molecule has 0 bridgehead atoms. The monoisotopic (exact) mass is 268 g/mol. The summed E-state index contributed by atoms with van der Waals surface area (Å²) in [5, 5.41) is 9.74. The Bertz CT molecular complexity index is 552. The summed E-state index contributed by atoms with van der Waals surface area (Å²) >= 11 is 3.23. The van der Waals surface area contributed by atoms with Gasteiger partial charge in [-0.05, 0) is 29.7 Å². The molecule has 0 radical (unpaired) electrons. The fourth-order valence-electron chi connectivity index (χ4n) is 1.41. The van der Waals surface area contributed by atoms with Gasteiger partial charge in [0.25, 0.3) is 0 Å². The molecule has 0 aliphatic carbocycles. The first-order valence-electron chi connectivity index (χ1n) is 4.20. The number of carbonyl (C=O) groups is 1. The Hall–Kier alpha value is -1.42. The van der Waals surface area contributed by atoms with Crippen LogP contribution in [0.15, 0.2) is 34.8 Å². The predicted molar refractivity (Wildman–Crippen MR) is 58.6 cm³/mol. The summed E-state index contributed by atoms with van der Waals surface area (Å²) in [7, 11) is 0. The van der Waals surface area contributed by atoms with E-state index in [0.717, 1.165) is 10.5 Å². The molecule has 2 aromatic carbocycles. The summed E-state index contributed by atoms with van der Waals surface area (Å²) in [6.07, 6.45) is 0. The molecule has 0 heterocycles. The van der Waals surface area contributed by atoms with Crippen LogP contribution in [-0.4, -0.2) is 11.1 Å². The Kier molecular flexibility index (Phi) is 2.44. The molecule has 1 N–H and O–H groups in total. The lowest BCUT2D eigenvalue weighted by Gasteiger charge is -2.02. The molecule has 2 aromatic rings. The summed E-state index contributed by atoms with van der Waals surface area (Å²) < 4.78 is 14.3. The number of halogens is 2. The average molecular weight is 269 g/mol. The van der Waals surface area contributed by atoms with E-state index in [1.54, 1.807) is 18.2 Å². The minimum absolute atomic E-state index is 0.0395. The van der Waals surface area contributed by atoms with Crippen molar-refractivity contribution in [1.29, 1.82) is 0 Å². The number of fused-ring (bicyclic) bond motifs is 1. The second-order valence-corrected chi connectivity index (χ2v) is 4.04. The van der Waals surface area contributed by atoms with Gasteiger partial charge in [-0.3, -0.25) is 0 Å². The van der Waals surface area contributed by atoms with Gasteiger partial charge in [0.2, 0.25) is 0 Å². The van der Waals surface area contributed by atoms with E-state index in [1.807, 2.05) is 0 Å². The van der Waals surface area contributed by atoms with Crippen molar-refractivity contribution in [3.05, 3.63) is 46.2 Å². The molecular weight excluding hydrogens is 263 g/mol. The van der Waals surface area contributed by atoms with Gasteiger partial charge < -0.3 is 5.11 Å². The number of hydrogen-bond donors (Lipinski definition) is 1. The lowest BCUT2D eigenvalue weighted by molar-refractivity contribution is 0.0696. The molecule has 2 nitrogen and oxygen atoms in total. The Morgan fingerprint density at radius 2 is 2.00 bits per heavy atom. The van der Waals surface area contributed by atoms with Gasteiger partial charge in [-0.25, -0.2) is 9.18 Å². The maximum Gasteiger partial charge on any atom is 0.335 e. The third kappa shape index (κ3) is 1.85. The Morgan fingerprint density at radius 1 is 1.27 bits per heavy atom. The molecule has 0 aliphatic rings. The molecule has 0 aromatic heterocycles. The van der Waals surface area contributed by atoms with E-state index in [1.165, 1.54) is 6.07 Å². The largest absolute Gasteiger partial charge is 0.478 e. The van der Waals surface area contributed by atoms with E-state index in [0.29, 0.717) is 10.8 Å². The zero-order chi connectivity index (χ0) is 11.0. The lowest BCUT2D eigenvalue weighted by Crippen LogP contribution is -1.97. The molecule has 15 heavy (non-hydrogen) atoms. The third-order valence-corrected chi connectivity index (χ3v) is 2.61. The topological polar surface area (TPSA) is 37.3 Å². The zero-order valence-electron chi connectivity index (χ0n) is 7.50. The van der Waals surface area contributed by atoms with Crippen LogP contribution < -0.4 is 0 Å². The fraction of sp³-hybridized carbons (Fsp3) is 0. The lowest BCUT2D eigenvalue weighted by atomic mass is 10.1. The SMILES string of the molecule is O=C(O)c1cc(F)c2cc(Br)ccc2c1. The summed E-state index contributed by atoms with van der Waals surface area (Å²) in [4.78, 5) is 10.7. The van der Waals surface area contributed by atoms with Crippen molar-refractivity contribution >= 4 is 32.7 Å². The van der Waals surface area contributed by atoms with Crippen LogP contribution >= 0.6 is 15.9 Å². The van der Waals surface area contributed by atoms with Crippen molar-refractivity contribution in [1.82, 2.24) is 0 Å². The highest BCUT2D eigenvalue weighted by molar-refractivity contribution is 9.10. The van der Waals surface area contributed by atoms with E-state index >= 15 is 0 Å². The first kappa shape index (κ1) is 10.1. The molecule has 0 spiro atoms. The van der Waals surface area contributed by atoms with E-state index in [4.69, 9.17) is 5.11 Å². The molecule has 2 rings (SSSR count). The number of hydrogen-bond acceptors (Lipinski definition) is 1. The summed E-state index contributed by atoms with van der Waals surface area (Å²) in [5.74, 6) is -1.65. The first-order valence-corrected chi connectivity index (χ1v) is 4.99. The molecule has 0 unspecified atom stereocenters. The quantitative estimate of drug-likeness (QED) is 0.861. The van der Waals surface area contributed by atoms with Gasteiger partial charge in [-0.2, -0.15) is 0 Å². The van der Waals surface area contributed by atoms with E-state index in [9.17, 15) is 9.18 Å². The highest BCUT2D eigenvalue weighted by atomic mass is 79.9. The van der Waals surface area contributed by atoms with Gasteiger partial charge in [-0.15, -0.1) is 0 Å². The van der Waals surface area contributed by atoms with Gasteiger partial charge in [0, 0.05) is 9.86 Å². The molecule has 0 amide bonds. The molecule has 0 saturated heterocycles. The fourth-order valence-corrected chi connectivity index (χ4v) is 1.77. The van der Waals surface area contributed by atoms with E-state index < -0.39 is 11.8 Å². The van der Waals surface area contributed by atoms with Crippen molar-refractivity contribution in [2.24, 2.45) is 0 Å². The smallest absolute Gasteiger partial charge is 0.335 e. The maximum atomic E-state index is 13.5. The number of benzene rings is 2. The van der Waals surface area contributed by atoms with Gasteiger partial charge in [0.1, 0.15) is 5.82 Å². The van der Waals surface area contributed by atoms with Crippen LogP contribution in [0.5, 0.6) is 0 Å². The van der Waals surface area contributed by atoms with Crippen LogP contribution in [0, 0.1) is 5.82 Å². The second-order valence-electron chi connectivity index (χ2n) is 3.13. The van der Waals surface area contributed by atoms with Crippen molar-refractivity contribution in [3.8, 4) is 0 Å². The number of rotatable bonds is 1. The Balaban J connectivity index is 2.78. The predicted octanol–water partition coefficient (Wildman–Crippen LogP) is 3.44. The molecule has 0 saturated carbocycles. The van der Waals surface area contributed by atoms with Gasteiger partial charge in [0.15, 0.2) is 0 Å². The standard InChI is InChI=1S/C11H6BrFO2/c12-8-2-1-6-3-7(11(14)15)4-10(13)9(6)5-8/h1-5H,(H,14,15). The maximum absolute atomic E-state index is 13.5. The summed E-state index contributed by atoms with van der Waals surface area (Å²) in [5.41, 5.74) is -0.0395. The molecule has 0 atom stereocenters. The Morgan fingerprint density at radius 3 is 2.67 bits per heavy atom. The van der Waals surface area contributed by atoms with Gasteiger partial charge in [0.05, 0.1) is 5.56 Å². The van der Waals surface area contributed by atoms with E-state index in [-0.39, 0.29) is 5.56 Å². The second kappa shape index (κ2) is 3.62. The molecule has 76 valence electrons. The van der Waals surface area contributed by atoms with Gasteiger partial charge >= 0.3 is 5.97 Å². The van der Waals surface area contributed by atoms with Crippen LogP contribution in [0.3, 0.4) is 0 Å². The van der Waals surface area contributed by atoms with Crippen molar-refractivity contribution in [2.45, 2.75) is 0 Å². The zero-order valence-corrected chi connectivity index (χ0v) is 9.08. The minimum atomic E-state index is -1.13. The number of aromatic carboxylic acids is 1. The number of carboxylic acids is 1. The van der Waals surface area contributed by atoms with Crippen molar-refractivity contribution < 1.29 is 14.3 Å². The third-order valence-electron chi connectivity index (χ3n) is 2.11. The van der Waals surface area contributed by atoms with Crippen LogP contribution in [0.25, 0.3) is 10.8 Å². The van der Waals surface area contributed by atoms with Crippen LogP contribution in [-0.2, 0) is 0 Å². The minimum Gasteiger partial charge on any atom is -0.478 e. The molecular formula is C11H6BrFO2. The van der Waals surface area contributed by atoms with E-state index in [2.05, 4.69) is 15.9 Å². The molecule has 0 aliphatic heterocycles. The summed E-state index contributed by atoms with van der Waals surface area (Å²) in [6.45, 7) is 0. The number of carboxylic acid groups (broad SMARTS) is 1. The first-order chi connectivity index (χ1) is 7.08. The normalized spacial score (nSPS) is 10.5. The molecule has 4 heteroatoms.